The lowest BCUT2D eigenvalue weighted by Crippen LogP contribution is -2.44. The molecule has 3 atom stereocenters. The quantitative estimate of drug-likeness (QED) is 0.744. The Balaban J connectivity index is 2.44. The van der Waals surface area contributed by atoms with Crippen LogP contribution in [-0.4, -0.2) is 40.6 Å². The molecule has 9 heteroatoms. The predicted octanol–water partition coefficient (Wildman–Crippen LogP) is 1.82. The van der Waals surface area contributed by atoms with Gasteiger partial charge in [0.2, 0.25) is 0 Å². The van der Waals surface area contributed by atoms with Crippen LogP contribution in [0.15, 0.2) is 36.9 Å². The molecule has 0 saturated carbocycles. The van der Waals surface area contributed by atoms with Gasteiger partial charge in [0.25, 0.3) is 10.1 Å². The minimum Gasteiger partial charge on any atom is -0.383 e. The van der Waals surface area contributed by atoms with Gasteiger partial charge in [-0.3, -0.25) is 4.18 Å². The topological polar surface area (TPSA) is 94.3 Å². The Morgan fingerprint density at radius 2 is 2.04 bits per heavy atom. The van der Waals surface area contributed by atoms with Gasteiger partial charge in [-0.25, -0.2) is 9.67 Å². The molecule has 0 radical (unpaired) electrons. The van der Waals surface area contributed by atoms with Crippen LogP contribution in [0, 0.1) is 5.92 Å². The Labute approximate surface area is 146 Å². The van der Waals surface area contributed by atoms with Crippen molar-refractivity contribution >= 4 is 21.7 Å². The number of nitrogens with zero attached hydrogens (tertiary/aromatic N) is 3. The fraction of sp³-hybridized carbons (Fsp3) is 0.467. The van der Waals surface area contributed by atoms with Gasteiger partial charge < -0.3 is 5.11 Å². The van der Waals surface area contributed by atoms with E-state index in [0.717, 1.165) is 6.26 Å². The summed E-state index contributed by atoms with van der Waals surface area (Å²) in [4.78, 5) is 3.87. The number of rotatable bonds is 7. The maximum atomic E-state index is 11.4. The van der Waals surface area contributed by atoms with Crippen LogP contribution in [0.25, 0.3) is 0 Å². The Bertz CT molecular complexity index is 782. The second kappa shape index (κ2) is 7.18. The average Bonchev–Trinajstić information content (AvgIpc) is 2.97. The van der Waals surface area contributed by atoms with Crippen molar-refractivity contribution in [3.63, 3.8) is 0 Å². The highest BCUT2D eigenvalue weighted by Gasteiger charge is 2.42. The van der Waals surface area contributed by atoms with Crippen molar-refractivity contribution in [1.82, 2.24) is 14.8 Å². The van der Waals surface area contributed by atoms with Crippen molar-refractivity contribution in [2.45, 2.75) is 32.1 Å². The minimum atomic E-state index is -3.66. The minimum absolute atomic E-state index is 0.0510. The first-order valence-corrected chi connectivity index (χ1v) is 9.51. The van der Waals surface area contributed by atoms with E-state index >= 15 is 0 Å². The van der Waals surface area contributed by atoms with Crippen LogP contribution < -0.4 is 0 Å². The Kier molecular flexibility index (Phi) is 5.64. The molecule has 0 aliphatic heterocycles. The normalized spacial score (nSPS) is 17.2. The molecule has 1 heterocycles. The summed E-state index contributed by atoms with van der Waals surface area (Å²) in [5.74, 6) is -0.601. The van der Waals surface area contributed by atoms with Crippen LogP contribution in [-0.2, 0) is 26.4 Å². The zero-order chi connectivity index (χ0) is 18.0. The fourth-order valence-electron chi connectivity index (χ4n) is 2.60. The monoisotopic (exact) mass is 373 g/mol. The third-order valence-electron chi connectivity index (χ3n) is 3.99. The summed E-state index contributed by atoms with van der Waals surface area (Å²) < 4.78 is 29.4. The molecule has 2 aromatic rings. The summed E-state index contributed by atoms with van der Waals surface area (Å²) in [6.45, 7) is 3.35. The van der Waals surface area contributed by atoms with E-state index in [9.17, 15) is 13.5 Å². The molecule has 0 spiro atoms. The van der Waals surface area contributed by atoms with Crippen molar-refractivity contribution in [3.05, 3.63) is 47.5 Å². The first-order valence-electron chi connectivity index (χ1n) is 7.31. The summed E-state index contributed by atoms with van der Waals surface area (Å²) >= 11 is 6.27. The van der Waals surface area contributed by atoms with Gasteiger partial charge in [-0.15, -0.1) is 0 Å². The van der Waals surface area contributed by atoms with E-state index in [1.54, 1.807) is 38.1 Å². The third kappa shape index (κ3) is 4.32. The Hall–Kier alpha value is -1.48. The number of aromatic nitrogens is 3. The number of aliphatic hydroxyl groups is 1. The van der Waals surface area contributed by atoms with Gasteiger partial charge in [-0.2, -0.15) is 13.5 Å². The number of halogens is 1. The lowest BCUT2D eigenvalue weighted by molar-refractivity contribution is -0.0703. The van der Waals surface area contributed by atoms with Gasteiger partial charge in [-0.05, 0) is 13.0 Å². The first kappa shape index (κ1) is 18.9. The molecular weight excluding hydrogens is 354 g/mol. The van der Waals surface area contributed by atoms with E-state index in [1.165, 1.54) is 17.3 Å². The maximum absolute atomic E-state index is 11.4. The standard InChI is InChI=1S/C15H20ClN3O4S/c1-11(12(2)23-24(3,21)22)15(20,8-19-10-17-9-18-19)13-6-4-5-7-14(13)16/h4-7,9-12,20H,8H2,1-3H3/t11-,12+,15+/m0/s1. The molecule has 2 rings (SSSR count). The van der Waals surface area contributed by atoms with Crippen LogP contribution >= 0.6 is 11.6 Å². The van der Waals surface area contributed by atoms with Crippen LogP contribution in [0.3, 0.4) is 0 Å². The zero-order valence-corrected chi connectivity index (χ0v) is 15.2. The van der Waals surface area contributed by atoms with E-state index in [2.05, 4.69) is 10.1 Å². The van der Waals surface area contributed by atoms with Crippen LogP contribution in [0.4, 0.5) is 0 Å². The van der Waals surface area contributed by atoms with Gasteiger partial charge in [0.1, 0.15) is 18.3 Å². The molecule has 1 N–H and O–H groups in total. The molecule has 0 aliphatic rings. The zero-order valence-electron chi connectivity index (χ0n) is 13.6. The van der Waals surface area contributed by atoms with Crippen molar-refractivity contribution in [2.75, 3.05) is 6.26 Å². The summed E-state index contributed by atoms with van der Waals surface area (Å²) in [6, 6.07) is 6.87. The van der Waals surface area contributed by atoms with E-state index < -0.39 is 27.7 Å². The molecule has 0 aliphatic carbocycles. The van der Waals surface area contributed by atoms with E-state index in [1.807, 2.05) is 0 Å². The van der Waals surface area contributed by atoms with Crippen LogP contribution in [0.1, 0.15) is 19.4 Å². The van der Waals surface area contributed by atoms with Gasteiger partial charge in [0.05, 0.1) is 18.9 Å². The van der Waals surface area contributed by atoms with Crippen molar-refractivity contribution in [3.8, 4) is 0 Å². The van der Waals surface area contributed by atoms with Gasteiger partial charge in [0.15, 0.2) is 0 Å². The number of hydrogen-bond acceptors (Lipinski definition) is 6. The molecule has 0 amide bonds. The number of benzene rings is 1. The van der Waals surface area contributed by atoms with Crippen LogP contribution in [0.5, 0.6) is 0 Å². The van der Waals surface area contributed by atoms with Crippen molar-refractivity contribution < 1.29 is 17.7 Å². The Morgan fingerprint density at radius 1 is 1.38 bits per heavy atom. The maximum Gasteiger partial charge on any atom is 0.264 e. The SMILES string of the molecule is C[C@@H](OS(C)(=O)=O)[C@H](C)[C@](O)(Cn1cncn1)c1ccccc1Cl. The third-order valence-corrected chi connectivity index (χ3v) is 4.98. The molecule has 1 aromatic carbocycles. The number of hydrogen-bond donors (Lipinski definition) is 1. The van der Waals surface area contributed by atoms with Gasteiger partial charge in [0, 0.05) is 16.5 Å². The molecule has 0 unspecified atom stereocenters. The summed E-state index contributed by atoms with van der Waals surface area (Å²) in [5.41, 5.74) is -1.03. The average molecular weight is 374 g/mol. The highest BCUT2D eigenvalue weighted by Crippen LogP contribution is 2.38. The molecule has 24 heavy (non-hydrogen) atoms. The lowest BCUT2D eigenvalue weighted by Gasteiger charge is -2.37. The second-order valence-corrected chi connectivity index (χ2v) is 7.80. The van der Waals surface area contributed by atoms with Crippen molar-refractivity contribution in [2.24, 2.45) is 5.92 Å². The highest BCUT2D eigenvalue weighted by molar-refractivity contribution is 7.86. The molecule has 1 aromatic heterocycles. The van der Waals surface area contributed by atoms with E-state index in [4.69, 9.17) is 15.8 Å². The van der Waals surface area contributed by atoms with Crippen LogP contribution in [0.2, 0.25) is 5.02 Å². The second-order valence-electron chi connectivity index (χ2n) is 5.79. The van der Waals surface area contributed by atoms with Gasteiger partial charge >= 0.3 is 0 Å². The van der Waals surface area contributed by atoms with E-state index in [-0.39, 0.29) is 6.54 Å². The molecule has 0 bridgehead atoms. The highest BCUT2D eigenvalue weighted by atomic mass is 35.5. The molecule has 0 saturated heterocycles. The summed E-state index contributed by atoms with van der Waals surface area (Å²) in [6.07, 6.45) is 3.03. The molecule has 0 fully saturated rings. The summed E-state index contributed by atoms with van der Waals surface area (Å²) in [7, 11) is -3.66. The molecular formula is C15H20ClN3O4S. The molecule has 132 valence electrons. The van der Waals surface area contributed by atoms with Crippen molar-refractivity contribution in [1.29, 1.82) is 0 Å². The Morgan fingerprint density at radius 3 is 2.58 bits per heavy atom. The van der Waals surface area contributed by atoms with Gasteiger partial charge in [-0.1, -0.05) is 36.7 Å². The molecule has 7 nitrogen and oxygen atoms in total. The first-order chi connectivity index (χ1) is 11.1. The smallest absolute Gasteiger partial charge is 0.264 e. The summed E-state index contributed by atoms with van der Waals surface area (Å²) in [5, 5.41) is 15.8. The predicted molar refractivity (Wildman–Crippen MR) is 89.9 cm³/mol. The largest absolute Gasteiger partial charge is 0.383 e. The lowest BCUT2D eigenvalue weighted by atomic mass is 9.79. The fourth-order valence-corrected chi connectivity index (χ4v) is 3.61. The van der Waals surface area contributed by atoms with E-state index in [0.29, 0.717) is 10.6 Å².